The normalized spacial score (nSPS) is 10.6. The van der Waals surface area contributed by atoms with E-state index in [1.165, 1.54) is 12.1 Å². The Hall–Kier alpha value is -2.76. The Morgan fingerprint density at radius 2 is 1.81 bits per heavy atom. The van der Waals surface area contributed by atoms with E-state index >= 15 is 0 Å². The third-order valence-electron chi connectivity index (χ3n) is 2.85. The first kappa shape index (κ1) is 13.2. The summed E-state index contributed by atoms with van der Waals surface area (Å²) in [5.41, 5.74) is 0.986. The molecule has 2 aromatic carbocycles. The van der Waals surface area contributed by atoms with Gasteiger partial charge in [0.1, 0.15) is 11.6 Å². The minimum atomic E-state index is -0.669. The molecular formula is C15H11F2N3O. The van der Waals surface area contributed by atoms with Crippen molar-refractivity contribution in [2.45, 2.75) is 6.54 Å². The molecule has 0 aliphatic rings. The Morgan fingerprint density at radius 1 is 1.00 bits per heavy atom. The maximum atomic E-state index is 13.5. The monoisotopic (exact) mass is 287 g/mol. The first-order valence-electron chi connectivity index (χ1n) is 6.29. The molecule has 1 aromatic heterocycles. The molecule has 6 heteroatoms. The lowest BCUT2D eigenvalue weighted by atomic mass is 10.2. The first-order valence-corrected chi connectivity index (χ1v) is 6.29. The van der Waals surface area contributed by atoms with Crippen molar-refractivity contribution in [2.24, 2.45) is 0 Å². The molecular weight excluding hydrogens is 276 g/mol. The Bertz CT molecular complexity index is 744. The van der Waals surface area contributed by atoms with Gasteiger partial charge in [-0.2, -0.15) is 0 Å². The van der Waals surface area contributed by atoms with Gasteiger partial charge in [-0.05, 0) is 24.3 Å². The van der Waals surface area contributed by atoms with Gasteiger partial charge in [-0.3, -0.25) is 0 Å². The molecule has 0 saturated carbocycles. The quantitative estimate of drug-likeness (QED) is 0.796. The van der Waals surface area contributed by atoms with Gasteiger partial charge in [0.2, 0.25) is 11.8 Å². The second-order valence-electron chi connectivity index (χ2n) is 4.34. The maximum absolute atomic E-state index is 13.5. The third kappa shape index (κ3) is 3.05. The summed E-state index contributed by atoms with van der Waals surface area (Å²) < 4.78 is 31.7. The zero-order chi connectivity index (χ0) is 14.7. The number of nitrogens with zero attached hydrogens (tertiary/aromatic N) is 2. The van der Waals surface area contributed by atoms with Gasteiger partial charge >= 0.3 is 0 Å². The van der Waals surface area contributed by atoms with E-state index in [1.54, 1.807) is 0 Å². The molecule has 1 heterocycles. The summed E-state index contributed by atoms with van der Waals surface area (Å²) in [7, 11) is 0. The molecule has 0 bridgehead atoms. The van der Waals surface area contributed by atoms with Crippen LogP contribution in [0.1, 0.15) is 5.89 Å². The highest BCUT2D eigenvalue weighted by atomic mass is 19.1. The smallest absolute Gasteiger partial charge is 0.247 e. The van der Waals surface area contributed by atoms with E-state index in [1.807, 2.05) is 30.3 Å². The highest BCUT2D eigenvalue weighted by Gasteiger charge is 2.09. The van der Waals surface area contributed by atoms with Gasteiger partial charge in [0.25, 0.3) is 0 Å². The number of anilines is 1. The van der Waals surface area contributed by atoms with Crippen LogP contribution >= 0.6 is 0 Å². The molecule has 0 fully saturated rings. The number of benzene rings is 2. The van der Waals surface area contributed by atoms with E-state index in [9.17, 15) is 8.78 Å². The predicted octanol–water partition coefficient (Wildman–Crippen LogP) is 3.63. The second kappa shape index (κ2) is 5.70. The van der Waals surface area contributed by atoms with Crippen LogP contribution in [0.3, 0.4) is 0 Å². The van der Waals surface area contributed by atoms with Crippen molar-refractivity contribution in [2.75, 3.05) is 5.32 Å². The van der Waals surface area contributed by atoms with Gasteiger partial charge in [0.15, 0.2) is 0 Å². The summed E-state index contributed by atoms with van der Waals surface area (Å²) in [5, 5.41) is 10.6. The van der Waals surface area contributed by atoms with Crippen molar-refractivity contribution < 1.29 is 13.2 Å². The van der Waals surface area contributed by atoms with Gasteiger partial charge in [-0.15, -0.1) is 10.2 Å². The van der Waals surface area contributed by atoms with Crippen molar-refractivity contribution in [3.05, 3.63) is 66.1 Å². The highest BCUT2D eigenvalue weighted by molar-refractivity contribution is 5.51. The van der Waals surface area contributed by atoms with Crippen LogP contribution in [0.15, 0.2) is 52.9 Å². The molecule has 3 aromatic rings. The van der Waals surface area contributed by atoms with Crippen LogP contribution in [0.4, 0.5) is 14.5 Å². The van der Waals surface area contributed by atoms with Crippen LogP contribution in [0.5, 0.6) is 0 Å². The van der Waals surface area contributed by atoms with E-state index in [4.69, 9.17) is 4.42 Å². The van der Waals surface area contributed by atoms with Crippen LogP contribution in [0.2, 0.25) is 0 Å². The molecule has 0 unspecified atom stereocenters. The van der Waals surface area contributed by atoms with Gasteiger partial charge in [0, 0.05) is 11.6 Å². The average molecular weight is 287 g/mol. The topological polar surface area (TPSA) is 51.0 Å². The number of halogens is 2. The Kier molecular flexibility index (Phi) is 3.59. The molecule has 0 saturated heterocycles. The van der Waals surface area contributed by atoms with Gasteiger partial charge < -0.3 is 9.73 Å². The van der Waals surface area contributed by atoms with Crippen molar-refractivity contribution in [1.29, 1.82) is 0 Å². The SMILES string of the molecule is Fc1ccc(NCc2nnc(-c3ccccc3)o2)c(F)c1. The van der Waals surface area contributed by atoms with Crippen molar-refractivity contribution in [3.63, 3.8) is 0 Å². The molecule has 0 aliphatic carbocycles. The van der Waals surface area contributed by atoms with E-state index in [2.05, 4.69) is 15.5 Å². The first-order chi connectivity index (χ1) is 10.2. The number of hydrogen-bond acceptors (Lipinski definition) is 4. The lowest BCUT2D eigenvalue weighted by Gasteiger charge is -2.04. The van der Waals surface area contributed by atoms with Gasteiger partial charge in [-0.25, -0.2) is 8.78 Å². The fourth-order valence-corrected chi connectivity index (χ4v) is 1.83. The van der Waals surface area contributed by atoms with Crippen LogP contribution < -0.4 is 5.32 Å². The summed E-state index contributed by atoms with van der Waals surface area (Å²) in [4.78, 5) is 0. The highest BCUT2D eigenvalue weighted by Crippen LogP contribution is 2.19. The van der Waals surface area contributed by atoms with Crippen LogP contribution in [-0.4, -0.2) is 10.2 Å². The van der Waals surface area contributed by atoms with E-state index in [0.29, 0.717) is 11.8 Å². The number of nitrogens with one attached hydrogen (secondary N) is 1. The molecule has 21 heavy (non-hydrogen) atoms. The summed E-state index contributed by atoms with van der Waals surface area (Å²) >= 11 is 0. The summed E-state index contributed by atoms with van der Waals surface area (Å²) in [6.07, 6.45) is 0. The molecule has 4 nitrogen and oxygen atoms in total. The van der Waals surface area contributed by atoms with E-state index in [-0.39, 0.29) is 12.2 Å². The second-order valence-corrected chi connectivity index (χ2v) is 4.34. The Labute approximate surface area is 119 Å². The van der Waals surface area contributed by atoms with E-state index < -0.39 is 11.6 Å². The molecule has 3 rings (SSSR count). The molecule has 0 spiro atoms. The summed E-state index contributed by atoms with van der Waals surface area (Å²) in [6.45, 7) is 0.155. The van der Waals surface area contributed by atoms with Crippen molar-refractivity contribution in [1.82, 2.24) is 10.2 Å². The number of aromatic nitrogens is 2. The van der Waals surface area contributed by atoms with Gasteiger partial charge in [0.05, 0.1) is 12.2 Å². The lowest BCUT2D eigenvalue weighted by molar-refractivity contribution is 0.514. The molecule has 0 amide bonds. The van der Waals surface area contributed by atoms with Gasteiger partial charge in [-0.1, -0.05) is 18.2 Å². The van der Waals surface area contributed by atoms with Crippen molar-refractivity contribution >= 4 is 5.69 Å². The minimum absolute atomic E-state index is 0.155. The average Bonchev–Trinajstić information content (AvgIpc) is 2.96. The molecule has 106 valence electrons. The van der Waals surface area contributed by atoms with E-state index in [0.717, 1.165) is 11.6 Å². The van der Waals surface area contributed by atoms with Crippen LogP contribution in [-0.2, 0) is 6.54 Å². The lowest BCUT2D eigenvalue weighted by Crippen LogP contribution is -2.02. The Balaban J connectivity index is 1.70. The Morgan fingerprint density at radius 3 is 2.57 bits per heavy atom. The predicted molar refractivity (Wildman–Crippen MR) is 73.4 cm³/mol. The molecule has 0 radical (unpaired) electrons. The maximum Gasteiger partial charge on any atom is 0.247 e. The standard InChI is InChI=1S/C15H11F2N3O/c16-11-6-7-13(12(17)8-11)18-9-14-19-20-15(21-14)10-4-2-1-3-5-10/h1-8,18H,9H2. The molecule has 0 aliphatic heterocycles. The molecule has 1 N–H and O–H groups in total. The zero-order valence-corrected chi connectivity index (χ0v) is 10.9. The fraction of sp³-hybridized carbons (Fsp3) is 0.0667. The molecule has 0 atom stereocenters. The largest absolute Gasteiger partial charge is 0.419 e. The minimum Gasteiger partial charge on any atom is -0.419 e. The van der Waals surface area contributed by atoms with Crippen LogP contribution in [0, 0.1) is 11.6 Å². The number of hydrogen-bond donors (Lipinski definition) is 1. The van der Waals surface area contributed by atoms with Crippen LogP contribution in [0.25, 0.3) is 11.5 Å². The fourth-order valence-electron chi connectivity index (χ4n) is 1.83. The number of rotatable bonds is 4. The third-order valence-corrected chi connectivity index (χ3v) is 2.85. The summed E-state index contributed by atoms with van der Waals surface area (Å²) in [5.74, 6) is -0.579. The zero-order valence-electron chi connectivity index (χ0n) is 10.9. The van der Waals surface area contributed by atoms with Crippen molar-refractivity contribution in [3.8, 4) is 11.5 Å². The summed E-state index contributed by atoms with van der Waals surface area (Å²) in [6, 6.07) is 12.6.